The van der Waals surface area contributed by atoms with Crippen LogP contribution in [0.1, 0.15) is 18.4 Å². The molecule has 15 heteroatoms. The van der Waals surface area contributed by atoms with Gasteiger partial charge in [0.2, 0.25) is 11.8 Å². The van der Waals surface area contributed by atoms with Crippen LogP contribution < -0.4 is 32.5 Å². The Morgan fingerprint density at radius 3 is 2.28 bits per heavy atom. The normalized spacial score (nSPS) is 12.9. The first-order valence-electron chi connectivity index (χ1n) is 7.86. The van der Waals surface area contributed by atoms with Crippen LogP contribution in [0.5, 0.6) is 0 Å². The number of primary amides is 1. The highest BCUT2D eigenvalue weighted by Crippen LogP contribution is 2.21. The van der Waals surface area contributed by atoms with Gasteiger partial charge in [-0.3, -0.25) is 30.0 Å². The molecule has 0 bridgehead atoms. The van der Waals surface area contributed by atoms with Gasteiger partial charge in [0.05, 0.1) is 0 Å². The van der Waals surface area contributed by atoms with Gasteiger partial charge in [-0.15, -0.1) is 0 Å². The van der Waals surface area contributed by atoms with Crippen molar-refractivity contribution in [3.63, 3.8) is 0 Å². The lowest BCUT2D eigenvalue weighted by molar-refractivity contribution is -0.174. The maximum absolute atomic E-state index is 14.1. The summed E-state index contributed by atoms with van der Waals surface area (Å²) in [4.78, 5) is 34.1. The second kappa shape index (κ2) is 9.78. The number of carbonyl (C=O) groups is 3. The monoisotopic (exact) mass is 442 g/mol. The number of hydrogen-bond acceptors (Lipinski definition) is 4. The maximum atomic E-state index is 14.1. The van der Waals surface area contributed by atoms with Crippen molar-refractivity contribution in [1.82, 2.24) is 10.4 Å². The third kappa shape index (κ3) is 9.00. The average molecular weight is 442 g/mol. The van der Waals surface area contributed by atoms with Crippen molar-refractivity contribution >= 4 is 31.0 Å². The number of nitrogens with one attached hydrogen (secondary N) is 3. The van der Waals surface area contributed by atoms with E-state index >= 15 is 0 Å². The first-order valence-corrected chi connectivity index (χ1v) is 9.71. The molecule has 0 spiro atoms. The minimum absolute atomic E-state index is 0.00484. The van der Waals surface area contributed by atoms with Gasteiger partial charge in [0.1, 0.15) is 11.9 Å². The molecule has 0 aliphatic carbocycles. The van der Waals surface area contributed by atoms with Crippen molar-refractivity contribution in [2.45, 2.75) is 31.6 Å². The van der Waals surface area contributed by atoms with Crippen molar-refractivity contribution in [3.8, 4) is 0 Å². The van der Waals surface area contributed by atoms with E-state index in [1.807, 2.05) is 0 Å². The molecule has 0 aliphatic heterocycles. The van der Waals surface area contributed by atoms with E-state index in [2.05, 4.69) is 10.4 Å². The first kappa shape index (κ1) is 24.5. The number of carbonyl (C=O) groups excluding carboxylic acids is 3. The lowest BCUT2D eigenvalue weighted by atomic mass is 10.1. The molecule has 0 radical (unpaired) electrons. The third-order valence-corrected chi connectivity index (χ3v) is 4.05. The SMILES string of the molecule is NC(=O)CC[C@H](NC(=O)C(F)(F)F)C(=O)Nc1ccc(CNP(N)(N)=O)c(F)c1. The zero-order valence-electron chi connectivity index (χ0n) is 14.8. The molecule has 162 valence electrons. The summed E-state index contributed by atoms with van der Waals surface area (Å²) in [7, 11) is -3.60. The highest BCUT2D eigenvalue weighted by Gasteiger charge is 2.40. The Balaban J connectivity index is 2.89. The van der Waals surface area contributed by atoms with Crippen LogP contribution >= 0.6 is 7.59 Å². The molecular formula is C14H19F4N6O4P. The number of benzene rings is 1. The van der Waals surface area contributed by atoms with E-state index < -0.39 is 56.2 Å². The van der Waals surface area contributed by atoms with Gasteiger partial charge in [0.15, 0.2) is 0 Å². The Kier molecular flexibility index (Phi) is 8.26. The highest BCUT2D eigenvalue weighted by molar-refractivity contribution is 7.56. The van der Waals surface area contributed by atoms with Crippen LogP contribution in [0.2, 0.25) is 0 Å². The van der Waals surface area contributed by atoms with Gasteiger partial charge in [-0.05, 0) is 18.6 Å². The second-order valence-corrected chi connectivity index (χ2v) is 7.60. The molecule has 9 N–H and O–H groups in total. The molecule has 1 rings (SSSR count). The number of hydrogen-bond donors (Lipinski definition) is 6. The Bertz CT molecular complexity index is 829. The van der Waals surface area contributed by atoms with Crippen molar-refractivity contribution in [2.75, 3.05) is 5.32 Å². The summed E-state index contributed by atoms with van der Waals surface area (Å²) in [6.07, 6.45) is -6.24. The molecule has 0 saturated heterocycles. The highest BCUT2D eigenvalue weighted by atomic mass is 31.2. The number of amides is 3. The van der Waals surface area contributed by atoms with Crippen molar-refractivity contribution in [3.05, 3.63) is 29.6 Å². The lowest BCUT2D eigenvalue weighted by Gasteiger charge is -2.19. The van der Waals surface area contributed by atoms with Crippen LogP contribution in [-0.2, 0) is 25.5 Å². The third-order valence-electron chi connectivity index (χ3n) is 3.40. The molecule has 1 aromatic rings. The van der Waals surface area contributed by atoms with Crippen molar-refractivity contribution in [1.29, 1.82) is 0 Å². The molecule has 1 aromatic carbocycles. The summed E-state index contributed by atoms with van der Waals surface area (Å²) in [6, 6.07) is 1.47. The molecule has 0 heterocycles. The van der Waals surface area contributed by atoms with Gasteiger partial charge in [0, 0.05) is 24.2 Å². The number of rotatable bonds is 9. The predicted molar refractivity (Wildman–Crippen MR) is 94.3 cm³/mol. The Hall–Kier alpha value is -2.54. The molecule has 0 unspecified atom stereocenters. The Morgan fingerprint density at radius 1 is 1.17 bits per heavy atom. The zero-order chi connectivity index (χ0) is 22.4. The summed E-state index contributed by atoms with van der Waals surface area (Å²) in [5, 5.41) is 5.78. The van der Waals surface area contributed by atoms with Crippen LogP contribution in [0.25, 0.3) is 0 Å². The van der Waals surface area contributed by atoms with E-state index in [0.717, 1.165) is 6.07 Å². The standard InChI is InChI=1S/C14H19F4N6O4P/c15-9-5-8(2-1-7(9)6-22-29(20,21)28)23-12(26)10(3-4-11(19)25)24-13(27)14(16,17)18/h1-2,5,10H,3-4,6H2,(H2,19,25)(H,23,26)(H,24,27)(H5,20,21,22,28)/t10-/m0/s1. The maximum Gasteiger partial charge on any atom is 0.471 e. The van der Waals surface area contributed by atoms with Gasteiger partial charge in [-0.1, -0.05) is 6.07 Å². The molecular weight excluding hydrogens is 423 g/mol. The van der Waals surface area contributed by atoms with E-state index in [1.54, 1.807) is 0 Å². The summed E-state index contributed by atoms with van der Waals surface area (Å²) < 4.78 is 62.5. The summed E-state index contributed by atoms with van der Waals surface area (Å²) in [6.45, 7) is -0.285. The van der Waals surface area contributed by atoms with Gasteiger partial charge < -0.3 is 16.4 Å². The van der Waals surface area contributed by atoms with Crippen LogP contribution in [0.15, 0.2) is 18.2 Å². The molecule has 0 fully saturated rings. The van der Waals surface area contributed by atoms with Crippen LogP contribution in [0, 0.1) is 5.82 Å². The quantitative estimate of drug-likeness (QED) is 0.233. The van der Waals surface area contributed by atoms with Gasteiger partial charge in [-0.25, -0.2) is 9.48 Å². The fourth-order valence-electron chi connectivity index (χ4n) is 2.00. The summed E-state index contributed by atoms with van der Waals surface area (Å²) in [5.41, 5.74) is 14.9. The average Bonchev–Trinajstić information content (AvgIpc) is 2.55. The molecule has 29 heavy (non-hydrogen) atoms. The molecule has 0 saturated carbocycles. The summed E-state index contributed by atoms with van der Waals surface area (Å²) in [5.74, 6) is -5.27. The van der Waals surface area contributed by atoms with Crippen LogP contribution in [0.4, 0.5) is 23.2 Å². The Labute approximate surface area is 162 Å². The first-order chi connectivity index (χ1) is 13.2. The van der Waals surface area contributed by atoms with Crippen molar-refractivity contribution in [2.24, 2.45) is 16.7 Å². The summed E-state index contributed by atoms with van der Waals surface area (Å²) >= 11 is 0. The number of nitrogens with two attached hydrogens (primary N) is 3. The van der Waals surface area contributed by atoms with Gasteiger partial charge in [-0.2, -0.15) is 13.2 Å². The molecule has 10 nitrogen and oxygen atoms in total. The smallest absolute Gasteiger partial charge is 0.370 e. The fourth-order valence-corrected chi connectivity index (χ4v) is 2.42. The minimum Gasteiger partial charge on any atom is -0.370 e. The Morgan fingerprint density at radius 2 is 1.79 bits per heavy atom. The number of alkyl halides is 3. The van der Waals surface area contributed by atoms with E-state index in [9.17, 15) is 36.5 Å². The number of anilines is 1. The zero-order valence-corrected chi connectivity index (χ0v) is 15.6. The van der Waals surface area contributed by atoms with Gasteiger partial charge in [0.25, 0.3) is 7.59 Å². The lowest BCUT2D eigenvalue weighted by Crippen LogP contribution is -2.49. The largest absolute Gasteiger partial charge is 0.471 e. The van der Waals surface area contributed by atoms with E-state index in [1.165, 1.54) is 17.4 Å². The van der Waals surface area contributed by atoms with Gasteiger partial charge >= 0.3 is 12.1 Å². The topological polar surface area (TPSA) is 182 Å². The van der Waals surface area contributed by atoms with Crippen LogP contribution in [-0.4, -0.2) is 29.9 Å². The van der Waals surface area contributed by atoms with E-state index in [0.29, 0.717) is 0 Å². The number of halogens is 4. The van der Waals surface area contributed by atoms with Crippen LogP contribution in [0.3, 0.4) is 0 Å². The molecule has 3 amide bonds. The fraction of sp³-hybridized carbons (Fsp3) is 0.357. The molecule has 0 aromatic heterocycles. The van der Waals surface area contributed by atoms with E-state index in [4.69, 9.17) is 16.7 Å². The predicted octanol–water partition coefficient (Wildman–Crippen LogP) is 0.192. The molecule has 1 atom stereocenters. The minimum atomic E-state index is -5.25. The molecule has 0 aliphatic rings. The van der Waals surface area contributed by atoms with Crippen molar-refractivity contribution < 1.29 is 36.5 Å². The second-order valence-electron chi connectivity index (χ2n) is 5.87. The van der Waals surface area contributed by atoms with E-state index in [-0.39, 0.29) is 17.8 Å².